The Balaban J connectivity index is 1.51. The van der Waals surface area contributed by atoms with E-state index in [0.717, 1.165) is 28.5 Å². The first-order valence-electron chi connectivity index (χ1n) is 11.5. The van der Waals surface area contributed by atoms with Gasteiger partial charge in [-0.1, -0.05) is 80.5 Å². The summed E-state index contributed by atoms with van der Waals surface area (Å²) < 4.78 is 15.2. The maximum Gasteiger partial charge on any atom is 0.138 e. The Morgan fingerprint density at radius 2 is 1.42 bits per heavy atom. The second kappa shape index (κ2) is 10.6. The lowest BCUT2D eigenvalue weighted by Crippen LogP contribution is -1.88. The second-order valence-corrected chi connectivity index (χ2v) is 8.31. The van der Waals surface area contributed by atoms with E-state index in [-0.39, 0.29) is 5.82 Å². The third-order valence-electron chi connectivity index (χ3n) is 5.90. The van der Waals surface area contributed by atoms with E-state index in [1.807, 2.05) is 18.2 Å². The van der Waals surface area contributed by atoms with Crippen molar-refractivity contribution in [1.29, 1.82) is 5.26 Å². The minimum Gasteiger partial charge on any atom is -0.206 e. The monoisotopic (exact) mass is 431 g/mol. The van der Waals surface area contributed by atoms with Crippen molar-refractivity contribution in [3.63, 3.8) is 0 Å². The Kier molecular flexibility index (Phi) is 7.19. The second-order valence-electron chi connectivity index (χ2n) is 8.31. The van der Waals surface area contributed by atoms with Gasteiger partial charge in [0.25, 0.3) is 0 Å². The van der Waals surface area contributed by atoms with Crippen molar-refractivity contribution < 1.29 is 4.39 Å². The lowest BCUT2D eigenvalue weighted by Gasteiger charge is -2.07. The van der Waals surface area contributed by atoms with Crippen LogP contribution in [0.3, 0.4) is 0 Å². The summed E-state index contributed by atoms with van der Waals surface area (Å²) in [6, 6.07) is 26.8. The molecule has 162 valence electrons. The van der Waals surface area contributed by atoms with E-state index in [1.54, 1.807) is 36.4 Å². The van der Waals surface area contributed by atoms with Crippen LogP contribution in [0.1, 0.15) is 54.9 Å². The summed E-state index contributed by atoms with van der Waals surface area (Å²) in [5.41, 5.74) is 5.04. The van der Waals surface area contributed by atoms with E-state index in [9.17, 15) is 0 Å². The molecule has 0 saturated heterocycles. The summed E-state index contributed by atoms with van der Waals surface area (Å²) in [4.78, 5) is 0. The third-order valence-corrected chi connectivity index (χ3v) is 5.90. The number of rotatable bonds is 6. The molecule has 0 N–H and O–H groups in total. The van der Waals surface area contributed by atoms with Crippen LogP contribution in [-0.4, -0.2) is 0 Å². The van der Waals surface area contributed by atoms with Gasteiger partial charge in [-0.15, -0.1) is 0 Å². The Morgan fingerprint density at radius 3 is 2.15 bits per heavy atom. The maximum absolute atomic E-state index is 15.2. The zero-order valence-electron chi connectivity index (χ0n) is 18.9. The minimum absolute atomic E-state index is 0.258. The van der Waals surface area contributed by atoms with Crippen molar-refractivity contribution in [3.05, 3.63) is 107 Å². The average molecular weight is 432 g/mol. The highest BCUT2D eigenvalue weighted by molar-refractivity contribution is 5.89. The van der Waals surface area contributed by atoms with Gasteiger partial charge in [-0.25, -0.2) is 4.39 Å². The Labute approximate surface area is 195 Å². The van der Waals surface area contributed by atoms with Gasteiger partial charge in [-0.3, -0.25) is 0 Å². The van der Waals surface area contributed by atoms with Gasteiger partial charge < -0.3 is 0 Å². The number of benzene rings is 4. The molecule has 0 bridgehead atoms. The molecule has 33 heavy (non-hydrogen) atoms. The molecule has 0 spiro atoms. The lowest BCUT2D eigenvalue weighted by molar-refractivity contribution is 0.643. The van der Waals surface area contributed by atoms with Gasteiger partial charge in [-0.05, 0) is 65.8 Å². The molecule has 0 aliphatic rings. The van der Waals surface area contributed by atoms with E-state index in [0.29, 0.717) is 16.5 Å². The highest BCUT2D eigenvalue weighted by Crippen LogP contribution is 2.29. The first-order chi connectivity index (χ1) is 16.2. The number of unbranched alkanes of at least 4 members (excludes halogenated alkanes) is 3. The van der Waals surface area contributed by atoms with Crippen LogP contribution in [0.4, 0.5) is 4.39 Å². The molecule has 0 aromatic heterocycles. The van der Waals surface area contributed by atoms with Gasteiger partial charge in [0.15, 0.2) is 0 Å². The van der Waals surface area contributed by atoms with E-state index < -0.39 is 0 Å². The Hall–Kier alpha value is -3.88. The summed E-state index contributed by atoms with van der Waals surface area (Å²) in [5.74, 6) is 6.17. The molecule has 0 fully saturated rings. The molecule has 4 aromatic carbocycles. The molecule has 0 aliphatic carbocycles. The number of aryl methyl sites for hydroxylation is 1. The van der Waals surface area contributed by atoms with Crippen LogP contribution < -0.4 is 0 Å². The first kappa shape index (κ1) is 22.3. The van der Waals surface area contributed by atoms with Crippen LogP contribution in [0.25, 0.3) is 21.9 Å². The summed E-state index contributed by atoms with van der Waals surface area (Å²) in [7, 11) is 0. The third kappa shape index (κ3) is 5.49. The van der Waals surface area contributed by atoms with E-state index in [4.69, 9.17) is 5.26 Å². The smallest absolute Gasteiger partial charge is 0.138 e. The van der Waals surface area contributed by atoms with Crippen molar-refractivity contribution >= 4 is 10.8 Å². The highest BCUT2D eigenvalue weighted by Gasteiger charge is 2.10. The number of fused-ring (bicyclic) bond motifs is 1. The molecule has 0 amide bonds. The van der Waals surface area contributed by atoms with Crippen molar-refractivity contribution in [1.82, 2.24) is 0 Å². The lowest BCUT2D eigenvalue weighted by atomic mass is 9.98. The normalized spacial score (nSPS) is 10.5. The quantitative estimate of drug-likeness (QED) is 0.224. The first-order valence-corrected chi connectivity index (χ1v) is 11.5. The zero-order chi connectivity index (χ0) is 23.0. The maximum atomic E-state index is 15.2. The van der Waals surface area contributed by atoms with Gasteiger partial charge in [0, 0.05) is 22.1 Å². The fraction of sp³-hybridized carbons (Fsp3) is 0.194. The topological polar surface area (TPSA) is 23.8 Å². The molecule has 0 unspecified atom stereocenters. The van der Waals surface area contributed by atoms with Crippen LogP contribution in [0.15, 0.2) is 78.9 Å². The molecular weight excluding hydrogens is 405 g/mol. The summed E-state index contributed by atoms with van der Waals surface area (Å²) in [5, 5.41) is 10.3. The Bertz CT molecular complexity index is 1350. The number of halogens is 1. The molecule has 0 radical (unpaired) electrons. The molecule has 2 heteroatoms. The number of hydrogen-bond acceptors (Lipinski definition) is 1. The van der Waals surface area contributed by atoms with E-state index in [1.165, 1.54) is 31.2 Å². The van der Waals surface area contributed by atoms with Crippen molar-refractivity contribution in [2.45, 2.75) is 39.0 Å². The van der Waals surface area contributed by atoms with Crippen LogP contribution in [-0.2, 0) is 6.42 Å². The average Bonchev–Trinajstić information content (AvgIpc) is 2.86. The minimum atomic E-state index is -0.258. The van der Waals surface area contributed by atoms with Gasteiger partial charge in [-0.2, -0.15) is 5.26 Å². The van der Waals surface area contributed by atoms with Crippen LogP contribution in [0.2, 0.25) is 0 Å². The van der Waals surface area contributed by atoms with Crippen molar-refractivity contribution in [2.24, 2.45) is 0 Å². The Morgan fingerprint density at radius 1 is 0.727 bits per heavy atom. The standard InChI is InChI=1S/C31H26FN/c1-2-3-4-5-6-23-7-9-24(10-8-23)11-12-25-15-19-30-28(21-25)18-20-29(31(30)32)27-16-13-26(22-33)14-17-27/h7-10,13-21H,2-6H2,1H3. The van der Waals surface area contributed by atoms with Gasteiger partial charge in [0.05, 0.1) is 11.6 Å². The zero-order valence-corrected chi connectivity index (χ0v) is 18.9. The fourth-order valence-corrected chi connectivity index (χ4v) is 3.97. The molecule has 4 aromatic rings. The molecular formula is C31H26FN. The van der Waals surface area contributed by atoms with Crippen LogP contribution >= 0.6 is 0 Å². The molecule has 0 aliphatic heterocycles. The summed E-state index contributed by atoms with van der Waals surface area (Å²) >= 11 is 0. The molecule has 0 atom stereocenters. The predicted molar refractivity (Wildman–Crippen MR) is 134 cm³/mol. The summed E-state index contributed by atoms with van der Waals surface area (Å²) in [6.07, 6.45) is 6.20. The van der Waals surface area contributed by atoms with E-state index >= 15 is 4.39 Å². The summed E-state index contributed by atoms with van der Waals surface area (Å²) in [6.45, 7) is 2.23. The van der Waals surface area contributed by atoms with Crippen molar-refractivity contribution in [3.8, 4) is 29.0 Å². The SMILES string of the molecule is CCCCCCc1ccc(C#Cc2ccc3c(F)c(-c4ccc(C#N)cc4)ccc3c2)cc1. The number of nitrogens with zero attached hydrogens (tertiary/aromatic N) is 1. The van der Waals surface area contributed by atoms with Gasteiger partial charge >= 0.3 is 0 Å². The molecule has 0 heterocycles. The van der Waals surface area contributed by atoms with Crippen LogP contribution in [0.5, 0.6) is 0 Å². The van der Waals surface area contributed by atoms with Crippen molar-refractivity contribution in [2.75, 3.05) is 0 Å². The van der Waals surface area contributed by atoms with E-state index in [2.05, 4.69) is 49.1 Å². The number of hydrogen-bond donors (Lipinski definition) is 0. The van der Waals surface area contributed by atoms with Crippen LogP contribution in [0, 0.1) is 29.0 Å². The number of nitriles is 1. The fourth-order valence-electron chi connectivity index (χ4n) is 3.97. The van der Waals surface area contributed by atoms with Gasteiger partial charge in [0.2, 0.25) is 0 Å². The largest absolute Gasteiger partial charge is 0.206 e. The van der Waals surface area contributed by atoms with Gasteiger partial charge in [0.1, 0.15) is 5.82 Å². The molecule has 1 nitrogen and oxygen atoms in total. The highest BCUT2D eigenvalue weighted by atomic mass is 19.1. The molecule has 0 saturated carbocycles. The predicted octanol–water partition coefficient (Wildman–Crippen LogP) is 8.04. The molecule has 4 rings (SSSR count).